The van der Waals surface area contributed by atoms with E-state index in [0.29, 0.717) is 28.5 Å². The number of benzene rings is 3. The highest BCUT2D eigenvalue weighted by atomic mass is 19.4. The molecule has 0 aliphatic heterocycles. The molecule has 40 heavy (non-hydrogen) atoms. The van der Waals surface area contributed by atoms with Gasteiger partial charge in [0.15, 0.2) is 0 Å². The summed E-state index contributed by atoms with van der Waals surface area (Å²) in [5.74, 6) is -1.94. The molecule has 3 aromatic carbocycles. The molecule has 0 fully saturated rings. The standard InChI is InChI=1S/C29H20F6N2O3/c30-28(31,32)22-11-9-19(10-12-22)18-3-1-17(2-4-18)15-25(27(39)40)37-26(38)21-7-5-20(6-8-21)24-14-13-23(16-36-24)29(33,34)35/h1-14,16,25H,15H2,(H,37,38)(H,39,40). The predicted octanol–water partition coefficient (Wildman–Crippen LogP) is 6.88. The van der Waals surface area contributed by atoms with Gasteiger partial charge in [0.1, 0.15) is 6.04 Å². The van der Waals surface area contributed by atoms with E-state index in [1.165, 1.54) is 42.5 Å². The summed E-state index contributed by atoms with van der Waals surface area (Å²) in [4.78, 5) is 28.3. The normalized spacial score (nSPS) is 12.6. The van der Waals surface area contributed by atoms with Crippen molar-refractivity contribution in [3.63, 3.8) is 0 Å². The van der Waals surface area contributed by atoms with Crippen LogP contribution in [0.3, 0.4) is 0 Å². The Labute approximate surface area is 224 Å². The van der Waals surface area contributed by atoms with Gasteiger partial charge in [0.05, 0.1) is 16.8 Å². The lowest BCUT2D eigenvalue weighted by Gasteiger charge is -2.15. The molecule has 11 heteroatoms. The van der Waals surface area contributed by atoms with Gasteiger partial charge in [-0.3, -0.25) is 9.78 Å². The highest BCUT2D eigenvalue weighted by Gasteiger charge is 2.31. The Balaban J connectivity index is 1.40. The molecular weight excluding hydrogens is 538 g/mol. The zero-order valence-electron chi connectivity index (χ0n) is 20.4. The lowest BCUT2D eigenvalue weighted by Crippen LogP contribution is -2.42. The van der Waals surface area contributed by atoms with Crippen LogP contribution in [-0.2, 0) is 23.6 Å². The first-order chi connectivity index (χ1) is 18.8. The van der Waals surface area contributed by atoms with E-state index >= 15 is 0 Å². The summed E-state index contributed by atoms with van der Waals surface area (Å²) in [6.07, 6.45) is -8.29. The van der Waals surface area contributed by atoms with Crippen molar-refractivity contribution in [2.24, 2.45) is 0 Å². The van der Waals surface area contributed by atoms with Crippen LogP contribution < -0.4 is 5.32 Å². The Morgan fingerprint density at radius 3 is 1.68 bits per heavy atom. The fourth-order valence-electron chi connectivity index (χ4n) is 3.89. The van der Waals surface area contributed by atoms with Gasteiger partial charge >= 0.3 is 18.3 Å². The Kier molecular flexibility index (Phi) is 7.94. The van der Waals surface area contributed by atoms with Crippen molar-refractivity contribution >= 4 is 11.9 Å². The van der Waals surface area contributed by atoms with Crippen molar-refractivity contribution in [3.8, 4) is 22.4 Å². The topological polar surface area (TPSA) is 79.3 Å². The summed E-state index contributed by atoms with van der Waals surface area (Å²) in [7, 11) is 0. The van der Waals surface area contributed by atoms with E-state index in [9.17, 15) is 41.0 Å². The van der Waals surface area contributed by atoms with Crippen molar-refractivity contribution < 1.29 is 41.0 Å². The van der Waals surface area contributed by atoms with Crippen LogP contribution in [0.4, 0.5) is 26.3 Å². The number of nitrogens with zero attached hydrogens (tertiary/aromatic N) is 1. The van der Waals surface area contributed by atoms with Gasteiger partial charge in [0.2, 0.25) is 0 Å². The number of nitrogens with one attached hydrogen (secondary N) is 1. The Morgan fingerprint density at radius 2 is 1.20 bits per heavy atom. The van der Waals surface area contributed by atoms with Crippen LogP contribution in [0.25, 0.3) is 22.4 Å². The summed E-state index contributed by atoms with van der Waals surface area (Å²) < 4.78 is 76.6. The molecule has 206 valence electrons. The lowest BCUT2D eigenvalue weighted by molar-refractivity contribution is -0.139. The quantitative estimate of drug-likeness (QED) is 0.243. The molecule has 1 atom stereocenters. The molecule has 1 amide bonds. The van der Waals surface area contributed by atoms with Crippen molar-refractivity contribution in [2.45, 2.75) is 24.8 Å². The van der Waals surface area contributed by atoms with E-state index < -0.39 is 41.4 Å². The van der Waals surface area contributed by atoms with Gasteiger partial charge in [-0.2, -0.15) is 26.3 Å². The number of hydrogen-bond donors (Lipinski definition) is 2. The maximum Gasteiger partial charge on any atom is 0.417 e. The smallest absolute Gasteiger partial charge is 0.417 e. The zero-order valence-corrected chi connectivity index (χ0v) is 20.4. The highest BCUT2D eigenvalue weighted by molar-refractivity contribution is 5.97. The maximum absolute atomic E-state index is 12.8. The number of carboxylic acid groups (broad SMARTS) is 1. The number of aromatic nitrogens is 1. The SMILES string of the molecule is O=C(NC(Cc1ccc(-c2ccc(C(F)(F)F)cc2)cc1)C(=O)O)c1ccc(-c2ccc(C(F)(F)F)cn2)cc1. The van der Waals surface area contributed by atoms with E-state index in [-0.39, 0.29) is 17.7 Å². The molecule has 5 nitrogen and oxygen atoms in total. The highest BCUT2D eigenvalue weighted by Crippen LogP contribution is 2.31. The molecule has 0 aliphatic rings. The lowest BCUT2D eigenvalue weighted by atomic mass is 9.99. The number of aliphatic carboxylic acids is 1. The fraction of sp³-hybridized carbons (Fsp3) is 0.138. The number of carbonyl (C=O) groups excluding carboxylic acids is 1. The number of pyridine rings is 1. The molecule has 1 unspecified atom stereocenters. The molecule has 0 saturated carbocycles. The summed E-state index contributed by atoms with van der Waals surface area (Å²) in [5.41, 5.74) is 0.983. The molecular formula is C29H20F6N2O3. The van der Waals surface area contributed by atoms with Gasteiger partial charge < -0.3 is 10.4 Å². The van der Waals surface area contributed by atoms with Crippen molar-refractivity contribution in [3.05, 3.63) is 113 Å². The van der Waals surface area contributed by atoms with E-state index in [2.05, 4.69) is 10.3 Å². The van der Waals surface area contributed by atoms with Crippen molar-refractivity contribution in [1.82, 2.24) is 10.3 Å². The third-order valence-electron chi connectivity index (χ3n) is 6.08. The van der Waals surface area contributed by atoms with Gasteiger partial charge in [-0.1, -0.05) is 48.5 Å². The van der Waals surface area contributed by atoms with Crippen LogP contribution in [0.1, 0.15) is 27.0 Å². The van der Waals surface area contributed by atoms with Gasteiger partial charge in [-0.25, -0.2) is 4.79 Å². The third-order valence-corrected chi connectivity index (χ3v) is 6.08. The summed E-state index contributed by atoms with van der Waals surface area (Å²) in [6, 6.07) is 17.8. The van der Waals surface area contributed by atoms with E-state index in [4.69, 9.17) is 0 Å². The molecule has 4 rings (SSSR count). The second-order valence-electron chi connectivity index (χ2n) is 8.85. The first-order valence-electron chi connectivity index (χ1n) is 11.8. The minimum Gasteiger partial charge on any atom is -0.480 e. The molecule has 4 aromatic rings. The van der Waals surface area contributed by atoms with Gasteiger partial charge in [-0.05, 0) is 53.1 Å². The van der Waals surface area contributed by atoms with Gasteiger partial charge in [0, 0.05) is 23.7 Å². The fourth-order valence-corrected chi connectivity index (χ4v) is 3.89. The second kappa shape index (κ2) is 11.2. The van der Waals surface area contributed by atoms with Crippen LogP contribution in [0, 0.1) is 0 Å². The van der Waals surface area contributed by atoms with Crippen molar-refractivity contribution in [2.75, 3.05) is 0 Å². The predicted molar refractivity (Wildman–Crippen MR) is 134 cm³/mol. The van der Waals surface area contributed by atoms with Crippen LogP contribution in [0.15, 0.2) is 91.1 Å². The Bertz CT molecular complexity index is 1480. The molecule has 0 bridgehead atoms. The van der Waals surface area contributed by atoms with Crippen LogP contribution >= 0.6 is 0 Å². The molecule has 0 radical (unpaired) electrons. The van der Waals surface area contributed by atoms with Crippen molar-refractivity contribution in [1.29, 1.82) is 0 Å². The number of carboxylic acids is 1. The van der Waals surface area contributed by atoms with Crippen LogP contribution in [0.5, 0.6) is 0 Å². The van der Waals surface area contributed by atoms with E-state index in [1.54, 1.807) is 24.3 Å². The molecule has 1 heterocycles. The Morgan fingerprint density at radius 1 is 0.700 bits per heavy atom. The Hall–Kier alpha value is -4.67. The summed E-state index contributed by atoms with van der Waals surface area (Å²) in [5, 5.41) is 12.1. The van der Waals surface area contributed by atoms with E-state index in [1.807, 2.05) is 0 Å². The van der Waals surface area contributed by atoms with Gasteiger partial charge in [-0.15, -0.1) is 0 Å². The number of carbonyl (C=O) groups is 2. The first-order valence-corrected chi connectivity index (χ1v) is 11.8. The number of hydrogen-bond acceptors (Lipinski definition) is 3. The number of alkyl halides is 6. The zero-order chi connectivity index (χ0) is 29.1. The largest absolute Gasteiger partial charge is 0.480 e. The average Bonchev–Trinajstić information content (AvgIpc) is 2.92. The minimum atomic E-state index is -4.51. The summed E-state index contributed by atoms with van der Waals surface area (Å²) in [6.45, 7) is 0. The third kappa shape index (κ3) is 6.85. The van der Waals surface area contributed by atoms with Crippen LogP contribution in [0.2, 0.25) is 0 Å². The molecule has 0 saturated heterocycles. The number of rotatable bonds is 7. The molecule has 0 aliphatic carbocycles. The molecule has 1 aromatic heterocycles. The average molecular weight is 558 g/mol. The first kappa shape index (κ1) is 28.3. The number of halogens is 6. The second-order valence-corrected chi connectivity index (χ2v) is 8.85. The minimum absolute atomic E-state index is 0.0536. The monoisotopic (exact) mass is 558 g/mol. The van der Waals surface area contributed by atoms with Crippen LogP contribution in [-0.4, -0.2) is 28.0 Å². The van der Waals surface area contributed by atoms with Gasteiger partial charge in [0.25, 0.3) is 5.91 Å². The molecule has 2 N–H and O–H groups in total. The van der Waals surface area contributed by atoms with E-state index in [0.717, 1.165) is 18.2 Å². The summed E-state index contributed by atoms with van der Waals surface area (Å²) >= 11 is 0. The molecule has 0 spiro atoms. The number of amides is 1. The maximum atomic E-state index is 12.8.